The lowest BCUT2D eigenvalue weighted by atomic mass is 10.0. The maximum Gasteiger partial charge on any atom is 0.411 e. The molecule has 22 heavy (non-hydrogen) atoms. The summed E-state index contributed by atoms with van der Waals surface area (Å²) in [7, 11) is 0. The lowest BCUT2D eigenvalue weighted by molar-refractivity contribution is -0.145. The first-order chi connectivity index (χ1) is 10.1. The summed E-state index contributed by atoms with van der Waals surface area (Å²) in [5, 5.41) is 9.47. The fourth-order valence-corrected chi connectivity index (χ4v) is 2.06. The van der Waals surface area contributed by atoms with Gasteiger partial charge in [0.15, 0.2) is 0 Å². The van der Waals surface area contributed by atoms with E-state index in [9.17, 15) is 14.7 Å². The second-order valence-corrected chi connectivity index (χ2v) is 6.50. The molecule has 6 nitrogen and oxygen atoms in total. The fraction of sp³-hybridized carbons (Fsp3) is 0.562. The molecular weight excluding hydrogens is 284 g/mol. The molecular formula is C16H24N2O4. The van der Waals surface area contributed by atoms with Gasteiger partial charge in [-0.15, -0.1) is 0 Å². The average molecular weight is 308 g/mol. The van der Waals surface area contributed by atoms with Crippen LogP contribution in [0.3, 0.4) is 0 Å². The maximum atomic E-state index is 12.4. The van der Waals surface area contributed by atoms with E-state index < -0.39 is 23.7 Å². The first kappa shape index (κ1) is 17.9. The standard InChI is InChI=1S/C16H24N2O4/c1-11(2)13(14(19)20)18(15(21)22-16(3,4)5)10-12-7-6-8-17-9-12/h6-9,11,13H,10H2,1-5H3,(H,19,20). The molecule has 1 unspecified atom stereocenters. The molecule has 1 aromatic rings. The molecule has 0 fully saturated rings. The SMILES string of the molecule is CC(C)C(C(=O)O)N(Cc1cccnc1)C(=O)OC(C)(C)C. The Morgan fingerprint density at radius 2 is 2.00 bits per heavy atom. The Balaban J connectivity index is 3.08. The maximum absolute atomic E-state index is 12.4. The van der Waals surface area contributed by atoms with Crippen LogP contribution < -0.4 is 0 Å². The minimum Gasteiger partial charge on any atom is -0.480 e. The fourth-order valence-electron chi connectivity index (χ4n) is 2.06. The van der Waals surface area contributed by atoms with E-state index >= 15 is 0 Å². The Hall–Kier alpha value is -2.11. The molecule has 0 bridgehead atoms. The quantitative estimate of drug-likeness (QED) is 0.904. The van der Waals surface area contributed by atoms with Crippen LogP contribution in [-0.2, 0) is 16.1 Å². The number of pyridine rings is 1. The average Bonchev–Trinajstić information content (AvgIpc) is 2.36. The highest BCUT2D eigenvalue weighted by Crippen LogP contribution is 2.19. The van der Waals surface area contributed by atoms with Gasteiger partial charge in [0.25, 0.3) is 0 Å². The van der Waals surface area contributed by atoms with Crippen molar-refractivity contribution in [3.63, 3.8) is 0 Å². The van der Waals surface area contributed by atoms with E-state index in [0.29, 0.717) is 0 Å². The molecule has 0 aromatic carbocycles. The summed E-state index contributed by atoms with van der Waals surface area (Å²) < 4.78 is 5.36. The van der Waals surface area contributed by atoms with Gasteiger partial charge in [0.2, 0.25) is 0 Å². The van der Waals surface area contributed by atoms with Crippen molar-refractivity contribution in [1.82, 2.24) is 9.88 Å². The molecule has 0 spiro atoms. The van der Waals surface area contributed by atoms with Crippen LogP contribution in [0.5, 0.6) is 0 Å². The van der Waals surface area contributed by atoms with Gasteiger partial charge in [0.05, 0.1) is 6.54 Å². The summed E-state index contributed by atoms with van der Waals surface area (Å²) in [6.45, 7) is 8.91. The number of hydrogen-bond acceptors (Lipinski definition) is 4. The molecule has 1 heterocycles. The minimum absolute atomic E-state index is 0.137. The van der Waals surface area contributed by atoms with Gasteiger partial charge in [0, 0.05) is 12.4 Å². The number of hydrogen-bond donors (Lipinski definition) is 1. The molecule has 0 aliphatic heterocycles. The van der Waals surface area contributed by atoms with Gasteiger partial charge in [-0.3, -0.25) is 9.88 Å². The summed E-state index contributed by atoms with van der Waals surface area (Å²) in [6, 6.07) is 2.58. The van der Waals surface area contributed by atoms with E-state index in [4.69, 9.17) is 4.74 Å². The molecule has 0 aliphatic carbocycles. The van der Waals surface area contributed by atoms with Crippen molar-refractivity contribution in [2.75, 3.05) is 0 Å². The third-order valence-corrected chi connectivity index (χ3v) is 2.92. The molecule has 122 valence electrons. The van der Waals surface area contributed by atoms with Gasteiger partial charge in [-0.1, -0.05) is 19.9 Å². The number of ether oxygens (including phenoxy) is 1. The number of aromatic nitrogens is 1. The number of carbonyl (C=O) groups excluding carboxylic acids is 1. The summed E-state index contributed by atoms with van der Waals surface area (Å²) in [4.78, 5) is 29.3. The predicted molar refractivity (Wildman–Crippen MR) is 82.3 cm³/mol. The molecule has 1 aromatic heterocycles. The number of aliphatic carboxylic acids is 1. The smallest absolute Gasteiger partial charge is 0.411 e. The minimum atomic E-state index is -1.05. The van der Waals surface area contributed by atoms with Crippen molar-refractivity contribution < 1.29 is 19.4 Å². The molecule has 1 rings (SSSR count). The highest BCUT2D eigenvalue weighted by atomic mass is 16.6. The number of nitrogens with zero attached hydrogens (tertiary/aromatic N) is 2. The lowest BCUT2D eigenvalue weighted by Gasteiger charge is -2.33. The molecule has 0 aliphatic rings. The van der Waals surface area contributed by atoms with Crippen LogP contribution in [0.25, 0.3) is 0 Å². The molecule has 0 radical (unpaired) electrons. The molecule has 0 saturated carbocycles. The lowest BCUT2D eigenvalue weighted by Crippen LogP contribution is -2.49. The first-order valence-electron chi connectivity index (χ1n) is 7.23. The summed E-state index contributed by atoms with van der Waals surface area (Å²) in [6.07, 6.45) is 2.59. The van der Waals surface area contributed by atoms with Gasteiger partial charge in [-0.25, -0.2) is 9.59 Å². The zero-order valence-electron chi connectivity index (χ0n) is 13.7. The normalized spacial score (nSPS) is 12.8. The predicted octanol–water partition coefficient (Wildman–Crippen LogP) is 2.93. The van der Waals surface area contributed by atoms with Gasteiger partial charge in [-0.05, 0) is 38.3 Å². The van der Waals surface area contributed by atoms with Gasteiger partial charge >= 0.3 is 12.1 Å². The Morgan fingerprint density at radius 1 is 1.36 bits per heavy atom. The molecule has 1 atom stereocenters. The van der Waals surface area contributed by atoms with E-state index in [1.165, 1.54) is 4.90 Å². The third-order valence-electron chi connectivity index (χ3n) is 2.92. The van der Waals surface area contributed by atoms with Crippen LogP contribution in [-0.4, -0.2) is 38.7 Å². The van der Waals surface area contributed by atoms with Crippen LogP contribution in [0.15, 0.2) is 24.5 Å². The van der Waals surface area contributed by atoms with Crippen molar-refractivity contribution in [2.24, 2.45) is 5.92 Å². The van der Waals surface area contributed by atoms with Gasteiger partial charge in [-0.2, -0.15) is 0 Å². The van der Waals surface area contributed by atoms with E-state index in [2.05, 4.69) is 4.98 Å². The Kier molecular flexibility index (Phi) is 5.91. The van der Waals surface area contributed by atoms with Crippen molar-refractivity contribution in [3.8, 4) is 0 Å². The Bertz CT molecular complexity index is 509. The van der Waals surface area contributed by atoms with E-state index in [0.717, 1.165) is 5.56 Å². The number of carboxylic acid groups (broad SMARTS) is 1. The topological polar surface area (TPSA) is 79.7 Å². The van der Waals surface area contributed by atoms with E-state index in [1.807, 2.05) is 0 Å². The molecule has 0 saturated heterocycles. The van der Waals surface area contributed by atoms with Crippen LogP contribution in [0.1, 0.15) is 40.2 Å². The van der Waals surface area contributed by atoms with Crippen LogP contribution in [0.2, 0.25) is 0 Å². The Morgan fingerprint density at radius 3 is 2.41 bits per heavy atom. The highest BCUT2D eigenvalue weighted by Gasteiger charge is 2.35. The number of amides is 1. The largest absolute Gasteiger partial charge is 0.480 e. The Labute approximate surface area is 131 Å². The van der Waals surface area contributed by atoms with Crippen molar-refractivity contribution in [1.29, 1.82) is 0 Å². The van der Waals surface area contributed by atoms with Crippen molar-refractivity contribution in [3.05, 3.63) is 30.1 Å². The highest BCUT2D eigenvalue weighted by molar-refractivity contribution is 5.80. The summed E-state index contributed by atoms with van der Waals surface area (Å²) >= 11 is 0. The van der Waals surface area contributed by atoms with Crippen LogP contribution in [0, 0.1) is 5.92 Å². The van der Waals surface area contributed by atoms with Crippen LogP contribution in [0.4, 0.5) is 4.79 Å². The first-order valence-corrected chi connectivity index (χ1v) is 7.23. The third kappa shape index (κ3) is 5.35. The summed E-state index contributed by atoms with van der Waals surface area (Å²) in [5.74, 6) is -1.30. The van der Waals surface area contributed by atoms with Gasteiger partial charge in [0.1, 0.15) is 11.6 Å². The van der Waals surface area contributed by atoms with E-state index in [-0.39, 0.29) is 12.5 Å². The summed E-state index contributed by atoms with van der Waals surface area (Å²) in [5.41, 5.74) is 0.0601. The number of rotatable bonds is 5. The molecule has 6 heteroatoms. The number of carboxylic acids is 1. The zero-order chi connectivity index (χ0) is 16.9. The second kappa shape index (κ2) is 7.24. The van der Waals surface area contributed by atoms with Gasteiger partial charge < -0.3 is 9.84 Å². The molecule has 1 amide bonds. The van der Waals surface area contributed by atoms with Crippen molar-refractivity contribution in [2.45, 2.75) is 52.8 Å². The van der Waals surface area contributed by atoms with Crippen molar-refractivity contribution >= 4 is 12.1 Å². The number of carbonyl (C=O) groups is 2. The second-order valence-electron chi connectivity index (χ2n) is 6.50. The zero-order valence-corrected chi connectivity index (χ0v) is 13.7. The monoisotopic (exact) mass is 308 g/mol. The molecule has 1 N–H and O–H groups in total. The van der Waals surface area contributed by atoms with Crippen LogP contribution >= 0.6 is 0 Å². The van der Waals surface area contributed by atoms with E-state index in [1.54, 1.807) is 59.1 Å².